The minimum atomic E-state index is -2.32. The Labute approximate surface area is 221 Å². The highest BCUT2D eigenvalue weighted by atomic mass is 16.8. The SMILES string of the molecule is BC(O)(O)Oc1ccc2cc(-c3nc4cc(C(=O)N5CC(C)C(N)[C@H]5C)ccc4n3C)n(CC3CC3)c2n1. The van der Waals surface area contributed by atoms with Gasteiger partial charge in [0.2, 0.25) is 13.7 Å². The van der Waals surface area contributed by atoms with Crippen molar-refractivity contribution in [3.63, 3.8) is 0 Å². The van der Waals surface area contributed by atoms with Gasteiger partial charge in [0.15, 0.2) is 5.82 Å². The summed E-state index contributed by atoms with van der Waals surface area (Å²) in [5, 5.41) is 20.3. The van der Waals surface area contributed by atoms with Crippen molar-refractivity contribution in [1.82, 2.24) is 24.0 Å². The van der Waals surface area contributed by atoms with E-state index in [9.17, 15) is 15.0 Å². The second kappa shape index (κ2) is 8.83. The maximum absolute atomic E-state index is 13.4. The molecule has 4 aromatic rings. The smallest absolute Gasteiger partial charge is 0.268 e. The van der Waals surface area contributed by atoms with Crippen molar-refractivity contribution >= 4 is 35.8 Å². The molecule has 11 heteroatoms. The number of likely N-dealkylation sites (tertiary alicyclic amines) is 1. The Kier molecular flexibility index (Phi) is 5.78. The molecule has 1 aliphatic heterocycles. The summed E-state index contributed by atoms with van der Waals surface area (Å²) in [6.07, 6.45) is 2.32. The number of benzene rings is 1. The number of hydrogen-bond acceptors (Lipinski definition) is 7. The number of carbonyl (C=O) groups excluding carboxylic acids is 1. The summed E-state index contributed by atoms with van der Waals surface area (Å²) in [5.41, 5.74) is 10.2. The molecule has 0 spiro atoms. The van der Waals surface area contributed by atoms with E-state index in [1.54, 1.807) is 6.07 Å². The minimum Gasteiger partial charge on any atom is -0.431 e. The normalized spacial score (nSPS) is 22.1. The zero-order chi connectivity index (χ0) is 26.9. The molecule has 6 rings (SSSR count). The Balaban J connectivity index is 1.41. The zero-order valence-corrected chi connectivity index (χ0v) is 22.1. The van der Waals surface area contributed by atoms with Gasteiger partial charge in [-0.2, -0.15) is 4.98 Å². The van der Waals surface area contributed by atoms with Crippen LogP contribution in [-0.4, -0.2) is 72.5 Å². The van der Waals surface area contributed by atoms with E-state index in [2.05, 4.69) is 16.5 Å². The van der Waals surface area contributed by atoms with Crippen LogP contribution in [0.5, 0.6) is 5.88 Å². The summed E-state index contributed by atoms with van der Waals surface area (Å²) in [4.78, 5) is 24.8. The molecule has 10 nitrogen and oxygen atoms in total. The van der Waals surface area contributed by atoms with Crippen molar-refractivity contribution in [3.05, 3.63) is 42.0 Å². The van der Waals surface area contributed by atoms with Gasteiger partial charge in [-0.3, -0.25) is 4.79 Å². The number of hydrogen-bond donors (Lipinski definition) is 3. The van der Waals surface area contributed by atoms with Crippen molar-refractivity contribution in [3.8, 4) is 17.4 Å². The Hall–Kier alpha value is -3.41. The minimum absolute atomic E-state index is 0.0125. The summed E-state index contributed by atoms with van der Waals surface area (Å²) in [7, 11) is 3.12. The first-order chi connectivity index (χ1) is 18.0. The number of amides is 1. The number of fused-ring (bicyclic) bond motifs is 2. The lowest BCUT2D eigenvalue weighted by Crippen LogP contribution is -2.40. The van der Waals surface area contributed by atoms with Crippen molar-refractivity contribution in [2.45, 2.75) is 51.2 Å². The van der Waals surface area contributed by atoms with Crippen molar-refractivity contribution in [2.24, 2.45) is 24.6 Å². The van der Waals surface area contributed by atoms with Crippen LogP contribution in [0.4, 0.5) is 0 Å². The number of imidazole rings is 1. The third-order valence-electron chi connectivity index (χ3n) is 7.96. The average molecular weight is 516 g/mol. The van der Waals surface area contributed by atoms with E-state index < -0.39 is 5.87 Å². The van der Waals surface area contributed by atoms with E-state index in [1.165, 1.54) is 0 Å². The second-order valence-corrected chi connectivity index (χ2v) is 11.1. The molecule has 2 aliphatic rings. The van der Waals surface area contributed by atoms with E-state index in [0.29, 0.717) is 23.7 Å². The molecule has 38 heavy (non-hydrogen) atoms. The van der Waals surface area contributed by atoms with Gasteiger partial charge in [-0.15, -0.1) is 0 Å². The van der Waals surface area contributed by atoms with Crippen molar-refractivity contribution in [2.75, 3.05) is 6.54 Å². The van der Waals surface area contributed by atoms with Crippen LogP contribution in [0.25, 0.3) is 33.6 Å². The van der Waals surface area contributed by atoms with Crippen LogP contribution in [-0.2, 0) is 13.6 Å². The molecule has 3 atom stereocenters. The molecule has 1 saturated heterocycles. The van der Waals surface area contributed by atoms with Crippen molar-refractivity contribution < 1.29 is 19.7 Å². The highest BCUT2D eigenvalue weighted by molar-refractivity contribution is 6.12. The van der Waals surface area contributed by atoms with E-state index in [0.717, 1.165) is 55.2 Å². The molecule has 1 aromatic carbocycles. The molecule has 2 fully saturated rings. The second-order valence-electron chi connectivity index (χ2n) is 11.1. The number of nitrogens with two attached hydrogens (primary N) is 1. The fourth-order valence-electron chi connectivity index (χ4n) is 5.57. The molecular formula is C27H33BN6O4. The Morgan fingerprint density at radius 3 is 2.61 bits per heavy atom. The summed E-state index contributed by atoms with van der Waals surface area (Å²) in [6.45, 7) is 5.52. The standard InChI is InChI=1S/C27H33BN6O4/c1-14-12-33(15(2)23(14)29)26(35)18-6-8-20-19(10-18)30-25(32(20)3)21-11-17-7-9-22(38-27(28,36)37)31-24(17)34(21)13-16-4-5-16/h6-11,14-16,23,36-37H,4-5,12-13,28-29H2,1-3H3/t14?,15-,23?/m1/s1. The zero-order valence-electron chi connectivity index (χ0n) is 22.1. The number of pyridine rings is 1. The van der Waals surface area contributed by atoms with Gasteiger partial charge in [0.1, 0.15) is 5.65 Å². The molecular weight excluding hydrogens is 483 g/mol. The summed E-state index contributed by atoms with van der Waals surface area (Å²) in [6, 6.07) is 11.2. The van der Waals surface area contributed by atoms with E-state index >= 15 is 0 Å². The van der Waals surface area contributed by atoms with Gasteiger partial charge in [0, 0.05) is 49.2 Å². The van der Waals surface area contributed by atoms with E-state index in [1.807, 2.05) is 53.8 Å². The fourth-order valence-corrected chi connectivity index (χ4v) is 5.57. The van der Waals surface area contributed by atoms with Gasteiger partial charge in [-0.05, 0) is 61.9 Å². The first-order valence-electron chi connectivity index (χ1n) is 13.2. The first-order valence-corrected chi connectivity index (χ1v) is 13.2. The predicted molar refractivity (Wildman–Crippen MR) is 146 cm³/mol. The molecule has 1 amide bonds. The van der Waals surface area contributed by atoms with Gasteiger partial charge in [0.25, 0.3) is 11.8 Å². The Morgan fingerprint density at radius 1 is 1.18 bits per heavy atom. The van der Waals surface area contributed by atoms with Crippen LogP contribution < -0.4 is 10.5 Å². The van der Waals surface area contributed by atoms with Crippen LogP contribution in [0.15, 0.2) is 36.4 Å². The molecule has 1 aliphatic carbocycles. The Morgan fingerprint density at radius 2 is 1.95 bits per heavy atom. The maximum Gasteiger partial charge on any atom is 0.268 e. The molecule has 4 N–H and O–H groups in total. The third-order valence-corrected chi connectivity index (χ3v) is 7.96. The summed E-state index contributed by atoms with van der Waals surface area (Å²) in [5.74, 6) is -0.622. The van der Waals surface area contributed by atoms with Gasteiger partial charge in [-0.1, -0.05) is 6.92 Å². The largest absolute Gasteiger partial charge is 0.431 e. The molecule has 0 bridgehead atoms. The molecule has 4 heterocycles. The highest BCUT2D eigenvalue weighted by Crippen LogP contribution is 2.36. The topological polar surface area (TPSA) is 132 Å². The molecule has 3 aromatic heterocycles. The number of aliphatic hydroxyl groups is 2. The number of carbonyl (C=O) groups is 1. The first kappa shape index (κ1) is 24.9. The Bertz CT molecular complexity index is 1550. The average Bonchev–Trinajstić information content (AvgIpc) is 3.47. The monoisotopic (exact) mass is 516 g/mol. The third kappa shape index (κ3) is 4.34. The number of rotatable bonds is 6. The van der Waals surface area contributed by atoms with Crippen LogP contribution in [0.3, 0.4) is 0 Å². The summed E-state index contributed by atoms with van der Waals surface area (Å²) >= 11 is 0. The predicted octanol–water partition coefficient (Wildman–Crippen LogP) is 1.42. The number of nitrogens with zero attached hydrogens (tertiary/aromatic N) is 5. The quantitative estimate of drug-likeness (QED) is 0.261. The van der Waals surface area contributed by atoms with Crippen LogP contribution in [0, 0.1) is 11.8 Å². The van der Waals surface area contributed by atoms with Crippen LogP contribution >= 0.6 is 0 Å². The van der Waals surface area contributed by atoms with E-state index in [-0.39, 0.29) is 29.8 Å². The van der Waals surface area contributed by atoms with Gasteiger partial charge < -0.3 is 34.7 Å². The van der Waals surface area contributed by atoms with Gasteiger partial charge >= 0.3 is 0 Å². The summed E-state index contributed by atoms with van der Waals surface area (Å²) < 4.78 is 9.36. The lowest BCUT2D eigenvalue weighted by Gasteiger charge is -2.23. The number of ether oxygens (including phenoxy) is 1. The van der Waals surface area contributed by atoms with Crippen LogP contribution in [0.1, 0.15) is 37.0 Å². The van der Waals surface area contributed by atoms with Gasteiger partial charge in [-0.25, -0.2) is 4.98 Å². The maximum atomic E-state index is 13.4. The van der Waals surface area contributed by atoms with Gasteiger partial charge in [0.05, 0.1) is 16.7 Å². The molecule has 2 unspecified atom stereocenters. The van der Waals surface area contributed by atoms with Crippen molar-refractivity contribution in [1.29, 1.82) is 0 Å². The number of aryl methyl sites for hydroxylation is 1. The lowest BCUT2D eigenvalue weighted by molar-refractivity contribution is -0.225. The number of aromatic nitrogens is 4. The fraction of sp³-hybridized carbons (Fsp3) is 0.444. The molecule has 0 radical (unpaired) electrons. The van der Waals surface area contributed by atoms with Crippen LogP contribution in [0.2, 0.25) is 0 Å². The molecule has 198 valence electrons. The lowest BCUT2D eigenvalue weighted by atomic mass is 10.0. The highest BCUT2D eigenvalue weighted by Gasteiger charge is 2.37. The molecule has 1 saturated carbocycles. The van der Waals surface area contributed by atoms with E-state index in [4.69, 9.17) is 15.5 Å².